The van der Waals surface area contributed by atoms with E-state index in [0.717, 1.165) is 38.0 Å². The van der Waals surface area contributed by atoms with Crippen LogP contribution < -0.4 is 0 Å². The number of hydrogen-bond donors (Lipinski definition) is 0. The van der Waals surface area contributed by atoms with Crippen molar-refractivity contribution >= 4 is 11.9 Å². The highest BCUT2D eigenvalue weighted by Gasteiger charge is 2.44. The Kier molecular flexibility index (Phi) is 6.85. The molecule has 2 heterocycles. The molecular formula is C21H30N2O4. The minimum Gasteiger partial charge on any atom is -0.466 e. The van der Waals surface area contributed by atoms with Crippen LogP contribution in [0.1, 0.15) is 38.2 Å². The van der Waals surface area contributed by atoms with E-state index in [1.165, 1.54) is 0 Å². The Morgan fingerprint density at radius 3 is 2.70 bits per heavy atom. The number of nitrogens with zero attached hydrogens (tertiary/aromatic N) is 2. The second-order valence-corrected chi connectivity index (χ2v) is 7.45. The van der Waals surface area contributed by atoms with Crippen molar-refractivity contribution in [2.45, 2.75) is 39.0 Å². The molecule has 0 aliphatic carbocycles. The fraction of sp³-hybridized carbons (Fsp3) is 0.619. The summed E-state index contributed by atoms with van der Waals surface area (Å²) < 4.78 is 5.42. The second-order valence-electron chi connectivity index (χ2n) is 7.45. The first-order chi connectivity index (χ1) is 13.1. The van der Waals surface area contributed by atoms with Gasteiger partial charge in [0.2, 0.25) is 5.91 Å². The van der Waals surface area contributed by atoms with Gasteiger partial charge in [0.15, 0.2) is 0 Å². The van der Waals surface area contributed by atoms with E-state index in [-0.39, 0.29) is 11.9 Å². The largest absolute Gasteiger partial charge is 0.466 e. The Hall–Kier alpha value is -1.92. The summed E-state index contributed by atoms with van der Waals surface area (Å²) in [5.41, 5.74) is 0.445. The summed E-state index contributed by atoms with van der Waals surface area (Å²) in [5.74, 6) is -0.0961. The lowest BCUT2D eigenvalue weighted by Gasteiger charge is -2.41. The summed E-state index contributed by atoms with van der Waals surface area (Å²) in [6.07, 6.45) is 3.61. The number of hydroxylamine groups is 2. The Morgan fingerprint density at radius 2 is 2.00 bits per heavy atom. The van der Waals surface area contributed by atoms with E-state index in [0.29, 0.717) is 39.1 Å². The molecule has 2 aliphatic heterocycles. The van der Waals surface area contributed by atoms with Gasteiger partial charge in [-0.25, -0.2) is 0 Å². The van der Waals surface area contributed by atoms with Crippen molar-refractivity contribution in [1.29, 1.82) is 0 Å². The van der Waals surface area contributed by atoms with Gasteiger partial charge < -0.3 is 9.64 Å². The summed E-state index contributed by atoms with van der Waals surface area (Å²) in [4.78, 5) is 33.0. The summed E-state index contributed by atoms with van der Waals surface area (Å²) >= 11 is 0. The van der Waals surface area contributed by atoms with Gasteiger partial charge in [0.05, 0.1) is 18.6 Å². The molecule has 2 fully saturated rings. The number of carbonyl (C=O) groups is 2. The molecule has 1 unspecified atom stereocenters. The molecule has 6 heteroatoms. The molecule has 0 radical (unpaired) electrons. The van der Waals surface area contributed by atoms with Gasteiger partial charge in [-0.05, 0) is 38.2 Å². The van der Waals surface area contributed by atoms with E-state index < -0.39 is 5.41 Å². The lowest BCUT2D eigenvalue weighted by Crippen LogP contribution is -2.52. The van der Waals surface area contributed by atoms with Gasteiger partial charge in [0.1, 0.15) is 0 Å². The van der Waals surface area contributed by atoms with E-state index >= 15 is 0 Å². The maximum atomic E-state index is 12.9. The van der Waals surface area contributed by atoms with E-state index in [1.54, 1.807) is 0 Å². The maximum Gasteiger partial charge on any atom is 0.314 e. The van der Waals surface area contributed by atoms with Crippen LogP contribution in [0, 0.1) is 5.41 Å². The van der Waals surface area contributed by atoms with Gasteiger partial charge in [-0.1, -0.05) is 30.3 Å². The smallest absolute Gasteiger partial charge is 0.314 e. The molecule has 2 aliphatic rings. The number of benzene rings is 1. The minimum atomic E-state index is -0.657. The number of hydrogen-bond acceptors (Lipinski definition) is 5. The van der Waals surface area contributed by atoms with Gasteiger partial charge in [-0.15, -0.1) is 0 Å². The highest BCUT2D eigenvalue weighted by Crippen LogP contribution is 2.35. The summed E-state index contributed by atoms with van der Waals surface area (Å²) in [6.45, 7) is 5.55. The molecule has 1 aromatic carbocycles. The lowest BCUT2D eigenvalue weighted by molar-refractivity contribution is -0.161. The van der Waals surface area contributed by atoms with Crippen molar-refractivity contribution in [3.63, 3.8) is 0 Å². The third-order valence-corrected chi connectivity index (χ3v) is 5.42. The van der Waals surface area contributed by atoms with Crippen LogP contribution in [0.3, 0.4) is 0 Å². The van der Waals surface area contributed by atoms with E-state index in [1.807, 2.05) is 47.2 Å². The van der Waals surface area contributed by atoms with Crippen molar-refractivity contribution in [3.05, 3.63) is 35.9 Å². The Labute approximate surface area is 161 Å². The molecule has 6 nitrogen and oxygen atoms in total. The quantitative estimate of drug-likeness (QED) is 0.686. The van der Waals surface area contributed by atoms with Gasteiger partial charge in [0.25, 0.3) is 0 Å². The number of amides is 1. The number of esters is 1. The zero-order valence-electron chi connectivity index (χ0n) is 16.2. The molecule has 0 N–H and O–H groups in total. The Bertz CT molecular complexity index is 630. The van der Waals surface area contributed by atoms with Crippen molar-refractivity contribution in [1.82, 2.24) is 9.96 Å². The van der Waals surface area contributed by atoms with Crippen LogP contribution in [-0.2, 0) is 25.6 Å². The van der Waals surface area contributed by atoms with E-state index in [4.69, 9.17) is 9.57 Å². The van der Waals surface area contributed by atoms with Gasteiger partial charge in [-0.3, -0.25) is 14.4 Å². The van der Waals surface area contributed by atoms with Crippen LogP contribution >= 0.6 is 0 Å². The third-order valence-electron chi connectivity index (χ3n) is 5.42. The molecule has 1 atom stereocenters. The standard InChI is InChI=1S/C21H30N2O4/c1-2-26-20(25)21(16-18-8-4-3-5-9-18)11-6-12-22(17-21)19(24)10-14-23-13-7-15-27-23/h3-5,8-9H,2,6-7,10-17H2,1H3. The molecule has 27 heavy (non-hydrogen) atoms. The molecule has 0 saturated carbocycles. The van der Waals surface area contributed by atoms with Crippen LogP contribution in [-0.4, -0.2) is 61.2 Å². The fourth-order valence-corrected chi connectivity index (χ4v) is 4.05. The molecule has 0 bridgehead atoms. The summed E-state index contributed by atoms with van der Waals surface area (Å²) in [6, 6.07) is 10.0. The van der Waals surface area contributed by atoms with Crippen molar-refractivity contribution in [3.8, 4) is 0 Å². The Morgan fingerprint density at radius 1 is 1.19 bits per heavy atom. The third kappa shape index (κ3) is 5.08. The highest BCUT2D eigenvalue weighted by atomic mass is 16.7. The monoisotopic (exact) mass is 374 g/mol. The van der Waals surface area contributed by atoms with Crippen LogP contribution in [0.2, 0.25) is 0 Å². The lowest BCUT2D eigenvalue weighted by atomic mass is 9.75. The molecular weight excluding hydrogens is 344 g/mol. The van der Waals surface area contributed by atoms with E-state index in [9.17, 15) is 9.59 Å². The average molecular weight is 374 g/mol. The number of carbonyl (C=O) groups excluding carboxylic acids is 2. The Balaban J connectivity index is 1.68. The van der Waals surface area contributed by atoms with E-state index in [2.05, 4.69) is 0 Å². The van der Waals surface area contributed by atoms with Gasteiger partial charge >= 0.3 is 5.97 Å². The molecule has 1 aromatic rings. The van der Waals surface area contributed by atoms with Crippen LogP contribution in [0.15, 0.2) is 30.3 Å². The van der Waals surface area contributed by atoms with Gasteiger partial charge in [-0.2, -0.15) is 5.06 Å². The normalized spacial score (nSPS) is 23.4. The molecule has 3 rings (SSSR count). The first-order valence-corrected chi connectivity index (χ1v) is 10.00. The average Bonchev–Trinajstić information content (AvgIpc) is 3.21. The van der Waals surface area contributed by atoms with Gasteiger partial charge in [0, 0.05) is 32.6 Å². The van der Waals surface area contributed by atoms with Crippen LogP contribution in [0.25, 0.3) is 0 Å². The molecule has 2 saturated heterocycles. The summed E-state index contributed by atoms with van der Waals surface area (Å²) in [7, 11) is 0. The van der Waals surface area contributed by atoms with Crippen molar-refractivity contribution < 1.29 is 19.2 Å². The number of piperidine rings is 1. The summed E-state index contributed by atoms with van der Waals surface area (Å²) in [5, 5.41) is 1.87. The molecule has 0 spiro atoms. The topological polar surface area (TPSA) is 59.1 Å². The van der Waals surface area contributed by atoms with Crippen LogP contribution in [0.5, 0.6) is 0 Å². The number of likely N-dealkylation sites (tertiary alicyclic amines) is 1. The zero-order chi connectivity index (χ0) is 19.1. The fourth-order valence-electron chi connectivity index (χ4n) is 4.05. The molecule has 1 amide bonds. The molecule has 0 aromatic heterocycles. The first kappa shape index (κ1) is 19.8. The second kappa shape index (κ2) is 9.33. The number of rotatable bonds is 7. The van der Waals surface area contributed by atoms with Crippen LogP contribution in [0.4, 0.5) is 0 Å². The van der Waals surface area contributed by atoms with Crippen molar-refractivity contribution in [2.75, 3.05) is 39.4 Å². The highest BCUT2D eigenvalue weighted by molar-refractivity contribution is 5.81. The zero-order valence-corrected chi connectivity index (χ0v) is 16.2. The van der Waals surface area contributed by atoms with Crippen molar-refractivity contribution in [2.24, 2.45) is 5.41 Å². The molecule has 148 valence electrons. The predicted octanol–water partition coefficient (Wildman–Crippen LogP) is 2.43. The SMILES string of the molecule is CCOC(=O)C1(Cc2ccccc2)CCCN(C(=O)CCN2CCCO2)C1. The minimum absolute atomic E-state index is 0.0898. The maximum absolute atomic E-state index is 12.9. The first-order valence-electron chi connectivity index (χ1n) is 10.00. The number of ether oxygens (including phenoxy) is 1. The predicted molar refractivity (Wildman–Crippen MR) is 102 cm³/mol.